The maximum absolute atomic E-state index is 10.4. The van der Waals surface area contributed by atoms with Gasteiger partial charge in [-0.2, -0.15) is 0 Å². The van der Waals surface area contributed by atoms with E-state index in [4.69, 9.17) is 5.11 Å². The molecule has 84 valence electrons. The summed E-state index contributed by atoms with van der Waals surface area (Å²) >= 11 is 1.72. The van der Waals surface area contributed by atoms with Gasteiger partial charge in [-0.1, -0.05) is 6.07 Å². The number of benzene rings is 1. The van der Waals surface area contributed by atoms with Gasteiger partial charge in [0, 0.05) is 11.1 Å². The first-order chi connectivity index (χ1) is 7.66. The van der Waals surface area contributed by atoms with Crippen LogP contribution >= 0.6 is 20.6 Å². The molecule has 1 aromatic heterocycles. The summed E-state index contributed by atoms with van der Waals surface area (Å²) < 4.78 is 1.27. The van der Waals surface area contributed by atoms with Gasteiger partial charge in [0.25, 0.3) is 0 Å². The topological polar surface area (TPSA) is 37.3 Å². The Hall–Kier alpha value is -0.920. The number of carbonyl (C=O) groups is 1. The summed E-state index contributed by atoms with van der Waals surface area (Å²) in [5.74, 6) is -0.716. The highest BCUT2D eigenvalue weighted by molar-refractivity contribution is 7.27. The molecule has 1 aromatic carbocycles. The standard InChI is InChI=1S/C12H13O2PS/c13-12(14)3-1-2-8-7-16-11-5-4-9(15)6-10(8)11/h4-7H,1-3,15H2,(H,13,14). The van der Waals surface area contributed by atoms with Crippen LogP contribution < -0.4 is 5.30 Å². The number of thiophene rings is 1. The van der Waals surface area contributed by atoms with Gasteiger partial charge in [0.1, 0.15) is 0 Å². The zero-order valence-electron chi connectivity index (χ0n) is 8.77. The van der Waals surface area contributed by atoms with Crippen molar-refractivity contribution in [2.45, 2.75) is 19.3 Å². The summed E-state index contributed by atoms with van der Waals surface area (Å²) in [5, 5.41) is 13.2. The van der Waals surface area contributed by atoms with Crippen molar-refractivity contribution in [2.75, 3.05) is 0 Å². The minimum Gasteiger partial charge on any atom is -0.481 e. The third kappa shape index (κ3) is 2.60. The molecule has 0 saturated heterocycles. The fourth-order valence-electron chi connectivity index (χ4n) is 1.72. The molecule has 4 heteroatoms. The second kappa shape index (κ2) is 4.94. The van der Waals surface area contributed by atoms with E-state index in [1.807, 2.05) is 0 Å². The molecule has 1 atom stereocenters. The Kier molecular flexibility index (Phi) is 3.57. The van der Waals surface area contributed by atoms with Gasteiger partial charge < -0.3 is 5.11 Å². The van der Waals surface area contributed by atoms with Crippen molar-refractivity contribution < 1.29 is 9.90 Å². The van der Waals surface area contributed by atoms with E-state index in [1.54, 1.807) is 11.3 Å². The second-order valence-electron chi connectivity index (χ2n) is 3.76. The summed E-state index contributed by atoms with van der Waals surface area (Å²) in [6, 6.07) is 6.33. The number of carboxylic acid groups (broad SMARTS) is 1. The van der Waals surface area contributed by atoms with Crippen LogP contribution in [0.1, 0.15) is 18.4 Å². The molecule has 1 N–H and O–H groups in total. The van der Waals surface area contributed by atoms with E-state index in [0.29, 0.717) is 6.42 Å². The van der Waals surface area contributed by atoms with E-state index in [9.17, 15) is 4.79 Å². The highest BCUT2D eigenvalue weighted by atomic mass is 32.1. The zero-order chi connectivity index (χ0) is 11.5. The van der Waals surface area contributed by atoms with E-state index in [0.717, 1.165) is 6.42 Å². The fraction of sp³-hybridized carbons (Fsp3) is 0.250. The van der Waals surface area contributed by atoms with E-state index in [1.165, 1.54) is 21.0 Å². The molecule has 0 bridgehead atoms. The van der Waals surface area contributed by atoms with Crippen LogP contribution in [0.25, 0.3) is 10.1 Å². The van der Waals surface area contributed by atoms with Gasteiger partial charge in [-0.15, -0.1) is 20.6 Å². The Labute approximate surface area is 100 Å². The van der Waals surface area contributed by atoms with Crippen LogP contribution in [0.4, 0.5) is 0 Å². The van der Waals surface area contributed by atoms with Gasteiger partial charge >= 0.3 is 5.97 Å². The number of hydrogen-bond donors (Lipinski definition) is 1. The van der Waals surface area contributed by atoms with Gasteiger partial charge in [-0.3, -0.25) is 4.79 Å². The van der Waals surface area contributed by atoms with Crippen LogP contribution in [0.15, 0.2) is 23.6 Å². The first-order valence-corrected chi connectivity index (χ1v) is 6.60. The SMILES string of the molecule is O=C(O)CCCc1csc2ccc(P)cc12. The highest BCUT2D eigenvalue weighted by Crippen LogP contribution is 2.26. The van der Waals surface area contributed by atoms with Crippen LogP contribution in [-0.4, -0.2) is 11.1 Å². The summed E-state index contributed by atoms with van der Waals surface area (Å²) in [6.45, 7) is 0. The third-order valence-electron chi connectivity index (χ3n) is 2.51. The predicted octanol–water partition coefficient (Wildman–Crippen LogP) is 2.81. The Morgan fingerprint density at radius 3 is 3.00 bits per heavy atom. The predicted molar refractivity (Wildman–Crippen MR) is 71.7 cm³/mol. The first-order valence-electron chi connectivity index (χ1n) is 5.14. The molecule has 2 rings (SSSR count). The summed E-state index contributed by atoms with van der Waals surface area (Å²) in [4.78, 5) is 10.4. The average Bonchev–Trinajstić information content (AvgIpc) is 2.60. The Bertz CT molecular complexity index is 519. The molecule has 0 aliphatic heterocycles. The summed E-state index contributed by atoms with van der Waals surface area (Å²) in [7, 11) is 2.69. The van der Waals surface area contributed by atoms with Crippen LogP contribution in [-0.2, 0) is 11.2 Å². The monoisotopic (exact) mass is 252 g/mol. The molecule has 0 radical (unpaired) electrons. The lowest BCUT2D eigenvalue weighted by Crippen LogP contribution is -1.95. The second-order valence-corrected chi connectivity index (χ2v) is 5.34. The minimum absolute atomic E-state index is 0.248. The fourth-order valence-corrected chi connectivity index (χ4v) is 2.96. The van der Waals surface area contributed by atoms with Crippen molar-refractivity contribution in [3.8, 4) is 0 Å². The number of hydrogen-bond acceptors (Lipinski definition) is 2. The van der Waals surface area contributed by atoms with Crippen molar-refractivity contribution >= 4 is 41.9 Å². The molecule has 1 heterocycles. The van der Waals surface area contributed by atoms with Gasteiger partial charge in [-0.25, -0.2) is 0 Å². The lowest BCUT2D eigenvalue weighted by Gasteiger charge is -1.99. The number of fused-ring (bicyclic) bond motifs is 1. The van der Waals surface area contributed by atoms with Crippen molar-refractivity contribution in [1.82, 2.24) is 0 Å². The van der Waals surface area contributed by atoms with Crippen molar-refractivity contribution in [3.63, 3.8) is 0 Å². The Morgan fingerprint density at radius 1 is 1.44 bits per heavy atom. The first kappa shape index (κ1) is 11.6. The molecule has 0 saturated carbocycles. The maximum atomic E-state index is 10.4. The molecule has 0 amide bonds. The number of rotatable bonds is 4. The minimum atomic E-state index is -0.716. The maximum Gasteiger partial charge on any atom is 0.303 e. The molecule has 0 aliphatic carbocycles. The number of carboxylic acids is 1. The van der Waals surface area contributed by atoms with Crippen LogP contribution in [0.3, 0.4) is 0 Å². The Morgan fingerprint density at radius 2 is 2.25 bits per heavy atom. The lowest BCUT2D eigenvalue weighted by atomic mass is 10.1. The van der Waals surface area contributed by atoms with E-state index in [-0.39, 0.29) is 6.42 Å². The van der Waals surface area contributed by atoms with Crippen molar-refractivity contribution in [3.05, 3.63) is 29.1 Å². The van der Waals surface area contributed by atoms with E-state index in [2.05, 4.69) is 32.8 Å². The highest BCUT2D eigenvalue weighted by Gasteiger charge is 2.05. The summed E-state index contributed by atoms with van der Waals surface area (Å²) in [6.07, 6.45) is 1.81. The van der Waals surface area contributed by atoms with E-state index < -0.39 is 5.97 Å². The smallest absolute Gasteiger partial charge is 0.303 e. The van der Waals surface area contributed by atoms with Crippen LogP contribution in [0, 0.1) is 0 Å². The van der Waals surface area contributed by atoms with Gasteiger partial charge in [0.15, 0.2) is 0 Å². The molecule has 0 spiro atoms. The van der Waals surface area contributed by atoms with E-state index >= 15 is 0 Å². The van der Waals surface area contributed by atoms with Gasteiger partial charge in [0.05, 0.1) is 0 Å². The molecular weight excluding hydrogens is 239 g/mol. The quantitative estimate of drug-likeness (QED) is 0.849. The van der Waals surface area contributed by atoms with Crippen LogP contribution in [0.5, 0.6) is 0 Å². The molecule has 0 aliphatic rings. The molecule has 1 unspecified atom stereocenters. The number of aliphatic carboxylic acids is 1. The van der Waals surface area contributed by atoms with Crippen LogP contribution in [0.2, 0.25) is 0 Å². The lowest BCUT2D eigenvalue weighted by molar-refractivity contribution is -0.137. The van der Waals surface area contributed by atoms with Gasteiger partial charge in [0.2, 0.25) is 0 Å². The third-order valence-corrected chi connectivity index (χ3v) is 3.89. The largest absolute Gasteiger partial charge is 0.481 e. The number of aryl methyl sites for hydroxylation is 1. The molecule has 16 heavy (non-hydrogen) atoms. The summed E-state index contributed by atoms with van der Waals surface area (Å²) in [5.41, 5.74) is 1.27. The molecular formula is C12H13O2PS. The van der Waals surface area contributed by atoms with Crippen molar-refractivity contribution in [1.29, 1.82) is 0 Å². The zero-order valence-corrected chi connectivity index (χ0v) is 10.7. The molecule has 0 fully saturated rings. The normalized spacial score (nSPS) is 10.8. The Balaban J connectivity index is 2.17. The molecule has 2 aromatic rings. The van der Waals surface area contributed by atoms with Crippen molar-refractivity contribution in [2.24, 2.45) is 0 Å². The molecule has 2 nitrogen and oxygen atoms in total. The average molecular weight is 252 g/mol. The van der Waals surface area contributed by atoms with Gasteiger partial charge in [-0.05, 0) is 46.6 Å².